The van der Waals surface area contributed by atoms with Crippen LogP contribution in [0.1, 0.15) is 50.2 Å². The Hall–Kier alpha value is -0.520. The van der Waals surface area contributed by atoms with Gasteiger partial charge in [-0.3, -0.25) is 11.3 Å². The Morgan fingerprint density at radius 2 is 1.93 bits per heavy atom. The van der Waals surface area contributed by atoms with Crippen molar-refractivity contribution in [3.63, 3.8) is 0 Å². The van der Waals surface area contributed by atoms with Gasteiger partial charge in [-0.15, -0.1) is 5.10 Å². The highest BCUT2D eigenvalue weighted by molar-refractivity contribution is 7.05. The predicted molar refractivity (Wildman–Crippen MR) is 58.9 cm³/mol. The van der Waals surface area contributed by atoms with Crippen molar-refractivity contribution >= 4 is 11.5 Å². The van der Waals surface area contributed by atoms with Crippen molar-refractivity contribution in [3.05, 3.63) is 10.6 Å². The highest BCUT2D eigenvalue weighted by Crippen LogP contribution is 2.29. The molecule has 0 aromatic carbocycles. The average Bonchev–Trinajstić information content (AvgIpc) is 2.53. The molecule has 1 unspecified atom stereocenters. The number of nitrogens with one attached hydrogen (secondary N) is 1. The number of aromatic nitrogens is 2. The first kappa shape index (κ1) is 11.6. The van der Waals surface area contributed by atoms with E-state index in [1.165, 1.54) is 11.5 Å². The number of nitrogens with two attached hydrogens (primary N) is 1. The fourth-order valence-electron chi connectivity index (χ4n) is 1.39. The van der Waals surface area contributed by atoms with E-state index in [1.807, 2.05) is 0 Å². The Balaban J connectivity index is 2.97. The number of rotatable bonds is 4. The summed E-state index contributed by atoms with van der Waals surface area (Å²) in [4.78, 5) is 1.16. The summed E-state index contributed by atoms with van der Waals surface area (Å²) in [5.74, 6) is 6.38. The van der Waals surface area contributed by atoms with Gasteiger partial charge in [-0.2, -0.15) is 0 Å². The van der Waals surface area contributed by atoms with Crippen molar-refractivity contribution in [2.24, 2.45) is 11.8 Å². The summed E-state index contributed by atoms with van der Waals surface area (Å²) in [6.45, 7) is 8.50. The summed E-state index contributed by atoms with van der Waals surface area (Å²) in [7, 11) is 0. The van der Waals surface area contributed by atoms with Gasteiger partial charge in [0.05, 0.1) is 16.6 Å². The standard InChI is InChI=1S/C9H18N4S/c1-5(2)7(11-10)9-8(6(3)4)12-13-14-9/h5-7,11H,10H2,1-4H3. The molecule has 1 atom stereocenters. The minimum Gasteiger partial charge on any atom is -0.271 e. The van der Waals surface area contributed by atoms with Crippen LogP contribution in [0.4, 0.5) is 0 Å². The molecule has 0 amide bonds. The maximum absolute atomic E-state index is 5.54. The minimum atomic E-state index is 0.160. The van der Waals surface area contributed by atoms with Gasteiger partial charge in [-0.05, 0) is 23.4 Å². The lowest BCUT2D eigenvalue weighted by Crippen LogP contribution is -2.31. The molecule has 1 heterocycles. The summed E-state index contributed by atoms with van der Waals surface area (Å²) >= 11 is 1.44. The van der Waals surface area contributed by atoms with Gasteiger partial charge in [0.15, 0.2) is 0 Å². The molecule has 14 heavy (non-hydrogen) atoms. The zero-order valence-corrected chi connectivity index (χ0v) is 9.93. The molecule has 5 heteroatoms. The Labute approximate surface area is 89.0 Å². The molecule has 0 aliphatic rings. The second-order valence-corrected chi connectivity index (χ2v) is 4.85. The minimum absolute atomic E-state index is 0.160. The summed E-state index contributed by atoms with van der Waals surface area (Å²) in [6, 6.07) is 0.160. The summed E-state index contributed by atoms with van der Waals surface area (Å²) < 4.78 is 3.99. The zero-order valence-electron chi connectivity index (χ0n) is 9.11. The van der Waals surface area contributed by atoms with Crippen LogP contribution in [0.15, 0.2) is 0 Å². The maximum atomic E-state index is 5.54. The van der Waals surface area contributed by atoms with Gasteiger partial charge in [0.2, 0.25) is 0 Å². The lowest BCUT2D eigenvalue weighted by molar-refractivity contribution is 0.423. The lowest BCUT2D eigenvalue weighted by atomic mass is 9.99. The van der Waals surface area contributed by atoms with Crippen LogP contribution < -0.4 is 11.3 Å². The van der Waals surface area contributed by atoms with Crippen molar-refractivity contribution in [3.8, 4) is 0 Å². The summed E-state index contributed by atoms with van der Waals surface area (Å²) in [6.07, 6.45) is 0. The molecule has 4 nitrogen and oxygen atoms in total. The van der Waals surface area contributed by atoms with Gasteiger partial charge < -0.3 is 0 Å². The van der Waals surface area contributed by atoms with Crippen molar-refractivity contribution < 1.29 is 0 Å². The highest BCUT2D eigenvalue weighted by Gasteiger charge is 2.22. The molecule has 0 saturated carbocycles. The Kier molecular flexibility index (Phi) is 3.97. The molecule has 0 saturated heterocycles. The summed E-state index contributed by atoms with van der Waals surface area (Å²) in [5.41, 5.74) is 3.89. The van der Waals surface area contributed by atoms with Crippen molar-refractivity contribution in [1.29, 1.82) is 0 Å². The molecular weight excluding hydrogens is 196 g/mol. The van der Waals surface area contributed by atoms with E-state index in [4.69, 9.17) is 5.84 Å². The molecule has 0 spiro atoms. The van der Waals surface area contributed by atoms with Crippen LogP contribution in [0.5, 0.6) is 0 Å². The van der Waals surface area contributed by atoms with Crippen LogP contribution in [-0.2, 0) is 0 Å². The Bertz CT molecular complexity index is 282. The molecule has 80 valence electrons. The van der Waals surface area contributed by atoms with E-state index in [1.54, 1.807) is 0 Å². The zero-order chi connectivity index (χ0) is 10.7. The van der Waals surface area contributed by atoms with E-state index in [9.17, 15) is 0 Å². The molecule has 1 aromatic rings. The average molecular weight is 214 g/mol. The van der Waals surface area contributed by atoms with Crippen molar-refractivity contribution in [2.75, 3.05) is 0 Å². The van der Waals surface area contributed by atoms with E-state index < -0.39 is 0 Å². The van der Waals surface area contributed by atoms with E-state index in [-0.39, 0.29) is 6.04 Å². The molecule has 0 radical (unpaired) electrons. The molecule has 1 rings (SSSR count). The first-order chi connectivity index (χ1) is 6.57. The SMILES string of the molecule is CC(C)c1nnsc1C(NN)C(C)C. The van der Waals surface area contributed by atoms with Crippen LogP contribution in [0, 0.1) is 5.92 Å². The van der Waals surface area contributed by atoms with Crippen molar-refractivity contribution in [1.82, 2.24) is 15.0 Å². The highest BCUT2D eigenvalue weighted by atomic mass is 32.1. The quantitative estimate of drug-likeness (QED) is 0.593. The van der Waals surface area contributed by atoms with E-state index in [2.05, 4.69) is 42.7 Å². The van der Waals surface area contributed by atoms with Crippen LogP contribution >= 0.6 is 11.5 Å². The third-order valence-corrected chi connectivity index (χ3v) is 3.04. The van der Waals surface area contributed by atoms with Crippen molar-refractivity contribution in [2.45, 2.75) is 39.7 Å². The predicted octanol–water partition coefficient (Wildman–Crippen LogP) is 1.82. The van der Waals surface area contributed by atoms with Crippen LogP contribution in [0.2, 0.25) is 0 Å². The molecule has 0 bridgehead atoms. The lowest BCUT2D eigenvalue weighted by Gasteiger charge is -2.19. The normalized spacial score (nSPS) is 13.9. The largest absolute Gasteiger partial charge is 0.271 e. The molecule has 1 aromatic heterocycles. The van der Waals surface area contributed by atoms with Crippen LogP contribution in [-0.4, -0.2) is 9.59 Å². The van der Waals surface area contributed by atoms with Gasteiger partial charge in [-0.25, -0.2) is 0 Å². The monoisotopic (exact) mass is 214 g/mol. The van der Waals surface area contributed by atoms with E-state index in [0.29, 0.717) is 11.8 Å². The smallest absolute Gasteiger partial charge is 0.0829 e. The van der Waals surface area contributed by atoms with E-state index >= 15 is 0 Å². The number of hydrogen-bond acceptors (Lipinski definition) is 5. The fraction of sp³-hybridized carbons (Fsp3) is 0.778. The fourth-order valence-corrected chi connectivity index (χ4v) is 2.43. The maximum Gasteiger partial charge on any atom is 0.0829 e. The molecular formula is C9H18N4S. The Morgan fingerprint density at radius 3 is 2.36 bits per heavy atom. The summed E-state index contributed by atoms with van der Waals surface area (Å²) in [5, 5.41) is 4.14. The van der Waals surface area contributed by atoms with E-state index in [0.717, 1.165) is 10.6 Å². The van der Waals surface area contributed by atoms with Crippen LogP contribution in [0.3, 0.4) is 0 Å². The second-order valence-electron chi connectivity index (χ2n) is 4.07. The number of hydrogen-bond donors (Lipinski definition) is 2. The van der Waals surface area contributed by atoms with Gasteiger partial charge in [0, 0.05) is 0 Å². The first-order valence-corrected chi connectivity index (χ1v) is 5.63. The molecule has 3 N–H and O–H groups in total. The van der Waals surface area contributed by atoms with Gasteiger partial charge in [0.1, 0.15) is 0 Å². The number of hydrazine groups is 1. The molecule has 0 aliphatic carbocycles. The topological polar surface area (TPSA) is 63.8 Å². The number of nitrogens with zero attached hydrogens (tertiary/aromatic N) is 2. The third kappa shape index (κ3) is 2.29. The van der Waals surface area contributed by atoms with Gasteiger partial charge >= 0.3 is 0 Å². The Morgan fingerprint density at radius 1 is 1.29 bits per heavy atom. The second kappa shape index (κ2) is 4.82. The molecule has 0 aliphatic heterocycles. The third-order valence-electron chi connectivity index (χ3n) is 2.22. The van der Waals surface area contributed by atoms with Crippen LogP contribution in [0.25, 0.3) is 0 Å². The first-order valence-electron chi connectivity index (χ1n) is 4.86. The molecule has 0 fully saturated rings. The van der Waals surface area contributed by atoms with Gasteiger partial charge in [-0.1, -0.05) is 32.2 Å². The van der Waals surface area contributed by atoms with Gasteiger partial charge in [0.25, 0.3) is 0 Å².